The minimum Gasteiger partial charge on any atom is -1.00 e. The minimum atomic E-state index is -3.85. The topological polar surface area (TPSA) is 86.7 Å². The third-order valence-electron chi connectivity index (χ3n) is 3.83. The summed E-state index contributed by atoms with van der Waals surface area (Å²) in [7, 11) is 3.57. The molecule has 1 aliphatic rings. The van der Waals surface area contributed by atoms with Crippen molar-refractivity contribution < 1.29 is 46.8 Å². The summed E-state index contributed by atoms with van der Waals surface area (Å²) in [5.74, 6) is -0.929. The molecule has 0 unspecified atom stereocenters. The number of carbonyl (C=O) groups is 1. The lowest BCUT2D eigenvalue weighted by Crippen LogP contribution is -3.00. The summed E-state index contributed by atoms with van der Waals surface area (Å²) in [6.07, 6.45) is 0.746. The molecule has 1 amide bonds. The van der Waals surface area contributed by atoms with E-state index in [0.717, 1.165) is 21.8 Å². The van der Waals surface area contributed by atoms with Crippen LogP contribution in [0.3, 0.4) is 0 Å². The van der Waals surface area contributed by atoms with Gasteiger partial charge in [0.2, 0.25) is 0 Å². The number of aliphatic hydroxyl groups excluding tert-OH is 1. The maximum atomic E-state index is 12.5. The normalized spacial score (nSPS) is 16.1. The first-order valence-electron chi connectivity index (χ1n) is 7.66. The molecular formula is C16H24IN3O4S. The van der Waals surface area contributed by atoms with Crippen LogP contribution in [0.4, 0.5) is 0 Å². The molecule has 0 fully saturated rings. The lowest BCUT2D eigenvalue weighted by atomic mass is 10.1. The van der Waals surface area contributed by atoms with E-state index < -0.39 is 15.9 Å². The second-order valence-electron chi connectivity index (χ2n) is 6.79. The van der Waals surface area contributed by atoms with Gasteiger partial charge in [0.1, 0.15) is 0 Å². The van der Waals surface area contributed by atoms with Crippen LogP contribution < -0.4 is 29.3 Å². The minimum absolute atomic E-state index is 0. The predicted octanol–water partition coefficient (Wildman–Crippen LogP) is -2.24. The Kier molecular flexibility index (Phi) is 6.88. The molecule has 0 aliphatic carbocycles. The van der Waals surface area contributed by atoms with Crippen molar-refractivity contribution in [2.75, 3.05) is 41.3 Å². The number of carbonyl (C=O) groups excluding carboxylic acids is 1. The molecule has 0 bridgehead atoms. The Balaban J connectivity index is 0.00000312. The molecule has 0 aromatic heterocycles. The summed E-state index contributed by atoms with van der Waals surface area (Å²) in [5.41, 5.74) is -0.106. The number of benzene rings is 1. The van der Waals surface area contributed by atoms with Crippen molar-refractivity contribution in [3.8, 4) is 0 Å². The van der Waals surface area contributed by atoms with Crippen LogP contribution in [0.2, 0.25) is 0 Å². The largest absolute Gasteiger partial charge is 1.00 e. The van der Waals surface area contributed by atoms with Crippen LogP contribution in [0.15, 0.2) is 34.9 Å². The third kappa shape index (κ3) is 4.64. The van der Waals surface area contributed by atoms with Crippen LogP contribution in [-0.2, 0) is 14.8 Å². The van der Waals surface area contributed by atoms with Gasteiger partial charge in [-0.3, -0.25) is 9.10 Å². The first-order valence-corrected chi connectivity index (χ1v) is 9.10. The molecule has 0 atom stereocenters. The molecule has 1 aliphatic heterocycles. The van der Waals surface area contributed by atoms with Gasteiger partial charge in [-0.2, -0.15) is 0 Å². The Hall–Kier alpha value is -1.33. The highest BCUT2D eigenvalue weighted by Crippen LogP contribution is 2.34. The number of hydrogen-bond acceptors (Lipinski definition) is 4. The Morgan fingerprint density at radius 2 is 1.84 bits per heavy atom. The zero-order valence-electron chi connectivity index (χ0n) is 14.8. The molecule has 2 rings (SSSR count). The molecule has 7 nitrogen and oxygen atoms in total. The first-order chi connectivity index (χ1) is 11.1. The van der Waals surface area contributed by atoms with Gasteiger partial charge in [0.05, 0.1) is 32.6 Å². The van der Waals surface area contributed by atoms with Crippen LogP contribution in [-0.4, -0.2) is 69.5 Å². The second-order valence-corrected chi connectivity index (χ2v) is 8.73. The molecule has 140 valence electrons. The van der Waals surface area contributed by atoms with E-state index in [9.17, 15) is 18.3 Å². The van der Waals surface area contributed by atoms with Crippen molar-refractivity contribution in [2.45, 2.75) is 11.3 Å². The Morgan fingerprint density at radius 3 is 2.44 bits per heavy atom. The van der Waals surface area contributed by atoms with Gasteiger partial charge in [0.25, 0.3) is 15.9 Å². The highest BCUT2D eigenvalue weighted by molar-refractivity contribution is 7.89. The van der Waals surface area contributed by atoms with Crippen molar-refractivity contribution in [3.05, 3.63) is 35.5 Å². The number of hydrogen-bond donors (Lipinski definition) is 2. The van der Waals surface area contributed by atoms with Crippen LogP contribution in [0, 0.1) is 0 Å². The van der Waals surface area contributed by atoms with Crippen molar-refractivity contribution in [1.29, 1.82) is 0 Å². The molecule has 0 saturated heterocycles. The number of nitrogens with zero attached hydrogens (tertiary/aromatic N) is 2. The van der Waals surface area contributed by atoms with Crippen LogP contribution in [0.25, 0.3) is 5.76 Å². The van der Waals surface area contributed by atoms with E-state index in [-0.39, 0.29) is 45.9 Å². The van der Waals surface area contributed by atoms with E-state index in [1.165, 1.54) is 19.2 Å². The molecular weight excluding hydrogens is 457 g/mol. The number of halogens is 1. The van der Waals surface area contributed by atoms with Gasteiger partial charge in [-0.15, -0.1) is 0 Å². The lowest BCUT2D eigenvalue weighted by molar-refractivity contribution is -0.870. The van der Waals surface area contributed by atoms with Crippen molar-refractivity contribution >= 4 is 21.7 Å². The van der Waals surface area contributed by atoms with E-state index in [0.29, 0.717) is 6.54 Å². The highest BCUT2D eigenvalue weighted by Gasteiger charge is 2.37. The van der Waals surface area contributed by atoms with E-state index in [1.54, 1.807) is 12.1 Å². The quantitative estimate of drug-likeness (QED) is 0.283. The van der Waals surface area contributed by atoms with Crippen LogP contribution in [0.5, 0.6) is 0 Å². The summed E-state index contributed by atoms with van der Waals surface area (Å²) in [5, 5.41) is 13.1. The standard InChI is InChI=1S/C16H23N3O4S.HI/c1-18-14(16(21)17-10-7-11-19(2,3)4)15(20)12-8-5-6-9-13(12)24(18,22)23;/h5-6,8-9H,7,10-11H2,1-4H3,(H-,17,20,21);1H. The average Bonchev–Trinajstić information content (AvgIpc) is 2.49. The Bertz CT molecular complexity index is 785. The smallest absolute Gasteiger partial charge is 0.272 e. The summed E-state index contributed by atoms with van der Waals surface area (Å²) < 4.78 is 26.7. The molecule has 1 aromatic rings. The van der Waals surface area contributed by atoms with Gasteiger partial charge in [-0.1, -0.05) is 12.1 Å². The summed E-state index contributed by atoms with van der Waals surface area (Å²) in [4.78, 5) is 12.4. The van der Waals surface area contributed by atoms with E-state index in [2.05, 4.69) is 26.5 Å². The fraction of sp³-hybridized carbons (Fsp3) is 0.438. The number of likely N-dealkylation sites (N-methyl/N-ethyl adjacent to an activating group) is 1. The number of quaternary nitrogens is 1. The highest BCUT2D eigenvalue weighted by atomic mass is 127. The number of aliphatic hydroxyl groups is 1. The molecule has 2 N–H and O–H groups in total. The summed E-state index contributed by atoms with van der Waals surface area (Å²) in [6.45, 7) is 1.27. The number of amides is 1. The number of nitrogens with one attached hydrogen (secondary N) is 1. The van der Waals surface area contributed by atoms with Gasteiger partial charge < -0.3 is 38.9 Å². The molecule has 9 heteroatoms. The molecule has 1 heterocycles. The predicted molar refractivity (Wildman–Crippen MR) is 91.5 cm³/mol. The maximum absolute atomic E-state index is 12.5. The Labute approximate surface area is 166 Å². The van der Waals surface area contributed by atoms with Gasteiger partial charge in [-0.25, -0.2) is 8.42 Å². The molecule has 25 heavy (non-hydrogen) atoms. The summed E-state index contributed by atoms with van der Waals surface area (Å²) >= 11 is 0. The zero-order chi connectivity index (χ0) is 18.1. The molecule has 1 aromatic carbocycles. The zero-order valence-corrected chi connectivity index (χ0v) is 17.8. The average molecular weight is 481 g/mol. The Morgan fingerprint density at radius 1 is 1.24 bits per heavy atom. The molecule has 0 spiro atoms. The van der Waals surface area contributed by atoms with Gasteiger partial charge >= 0.3 is 0 Å². The second kappa shape index (κ2) is 7.92. The third-order valence-corrected chi connectivity index (χ3v) is 5.64. The molecule has 0 radical (unpaired) electrons. The fourth-order valence-corrected chi connectivity index (χ4v) is 3.92. The van der Waals surface area contributed by atoms with Gasteiger partial charge in [0, 0.05) is 25.6 Å². The van der Waals surface area contributed by atoms with Crippen molar-refractivity contribution in [3.63, 3.8) is 0 Å². The first kappa shape index (κ1) is 21.7. The summed E-state index contributed by atoms with van der Waals surface area (Å²) in [6, 6.07) is 6.09. The van der Waals surface area contributed by atoms with E-state index in [1.807, 2.05) is 0 Å². The van der Waals surface area contributed by atoms with E-state index >= 15 is 0 Å². The molecule has 0 saturated carbocycles. The number of fused-ring (bicyclic) bond motifs is 1. The number of sulfonamides is 1. The van der Waals surface area contributed by atoms with Crippen molar-refractivity contribution in [2.24, 2.45) is 0 Å². The van der Waals surface area contributed by atoms with E-state index in [4.69, 9.17) is 0 Å². The fourth-order valence-electron chi connectivity index (χ4n) is 2.52. The SMILES string of the molecule is CN1C(C(=O)NCCC[N+](C)(C)C)=C(O)c2ccccc2S1(=O)=O.[I-]. The lowest BCUT2D eigenvalue weighted by Gasteiger charge is -2.28. The van der Waals surface area contributed by atoms with Gasteiger partial charge in [0.15, 0.2) is 11.5 Å². The van der Waals surface area contributed by atoms with Crippen molar-refractivity contribution in [1.82, 2.24) is 9.62 Å². The van der Waals surface area contributed by atoms with Crippen LogP contribution >= 0.6 is 0 Å². The van der Waals surface area contributed by atoms with Gasteiger partial charge in [-0.05, 0) is 12.1 Å². The monoisotopic (exact) mass is 481 g/mol. The maximum Gasteiger partial charge on any atom is 0.272 e. The number of rotatable bonds is 5. The van der Waals surface area contributed by atoms with Crippen LogP contribution in [0.1, 0.15) is 12.0 Å².